The maximum atomic E-state index is 12.0. The average Bonchev–Trinajstić information content (AvgIpc) is 3.23. The van der Waals surface area contributed by atoms with Gasteiger partial charge in [-0.2, -0.15) is 0 Å². The van der Waals surface area contributed by atoms with Gasteiger partial charge in [0.15, 0.2) is 0 Å². The Bertz CT molecular complexity index is 510. The molecule has 0 aromatic heterocycles. The molecule has 108 valence electrons. The lowest BCUT2D eigenvalue weighted by Crippen LogP contribution is -2.51. The van der Waals surface area contributed by atoms with Crippen molar-refractivity contribution >= 4 is 11.6 Å². The maximum absolute atomic E-state index is 12.0. The Morgan fingerprint density at radius 3 is 2.50 bits per heavy atom. The normalized spacial score (nSPS) is 17.3. The van der Waals surface area contributed by atoms with Crippen LogP contribution in [-0.2, 0) is 11.2 Å². The topological polar surface area (TPSA) is 92.5 Å². The number of carbonyl (C=O) groups excluding carboxylic acids is 1. The second-order valence-corrected chi connectivity index (χ2v) is 5.50. The van der Waals surface area contributed by atoms with Gasteiger partial charge in [-0.25, -0.2) is 0 Å². The smallest absolute Gasteiger partial charge is 0.269 e. The van der Waals surface area contributed by atoms with Crippen LogP contribution < -0.4 is 5.32 Å². The number of benzene rings is 1. The third-order valence-electron chi connectivity index (χ3n) is 3.74. The van der Waals surface area contributed by atoms with Crippen LogP contribution >= 0.6 is 0 Å². The Morgan fingerprint density at radius 1 is 1.45 bits per heavy atom. The first-order valence-electron chi connectivity index (χ1n) is 6.60. The first-order chi connectivity index (χ1) is 9.44. The lowest BCUT2D eigenvalue weighted by atomic mass is 9.96. The van der Waals surface area contributed by atoms with Gasteiger partial charge >= 0.3 is 0 Å². The lowest BCUT2D eigenvalue weighted by molar-refractivity contribution is -0.384. The zero-order valence-electron chi connectivity index (χ0n) is 11.3. The van der Waals surface area contributed by atoms with Gasteiger partial charge in [0.1, 0.15) is 0 Å². The van der Waals surface area contributed by atoms with E-state index in [1.54, 1.807) is 12.1 Å². The van der Waals surface area contributed by atoms with E-state index < -0.39 is 10.5 Å². The Morgan fingerprint density at radius 2 is 2.05 bits per heavy atom. The molecule has 6 nitrogen and oxygen atoms in total. The molecule has 2 rings (SSSR count). The molecule has 0 bridgehead atoms. The van der Waals surface area contributed by atoms with Crippen molar-refractivity contribution in [3.05, 3.63) is 39.9 Å². The molecule has 20 heavy (non-hydrogen) atoms. The molecule has 1 aromatic carbocycles. The van der Waals surface area contributed by atoms with Gasteiger partial charge in [-0.15, -0.1) is 0 Å². The molecule has 0 saturated heterocycles. The van der Waals surface area contributed by atoms with Crippen LogP contribution in [0.15, 0.2) is 24.3 Å². The number of aliphatic hydroxyl groups is 1. The predicted octanol–water partition coefficient (Wildman–Crippen LogP) is 1.41. The van der Waals surface area contributed by atoms with E-state index in [-0.39, 0.29) is 24.6 Å². The molecular formula is C14H18N2O4. The minimum atomic E-state index is -0.558. The van der Waals surface area contributed by atoms with Crippen molar-refractivity contribution in [1.29, 1.82) is 0 Å². The van der Waals surface area contributed by atoms with Gasteiger partial charge in [-0.05, 0) is 31.2 Å². The number of nitro groups is 1. The van der Waals surface area contributed by atoms with Crippen LogP contribution in [-0.4, -0.2) is 28.1 Å². The number of hydrogen-bond donors (Lipinski definition) is 2. The zero-order chi connectivity index (χ0) is 14.8. The molecule has 1 saturated carbocycles. The van der Waals surface area contributed by atoms with Gasteiger partial charge < -0.3 is 10.4 Å². The summed E-state index contributed by atoms with van der Waals surface area (Å²) in [5.41, 5.74) is 0.161. The second-order valence-electron chi connectivity index (χ2n) is 5.50. The number of amides is 1. The van der Waals surface area contributed by atoms with E-state index >= 15 is 0 Å². The van der Waals surface area contributed by atoms with Crippen LogP contribution in [0.5, 0.6) is 0 Å². The number of nitrogens with zero attached hydrogens (tertiary/aromatic N) is 1. The van der Waals surface area contributed by atoms with Crippen LogP contribution in [0.3, 0.4) is 0 Å². The summed E-state index contributed by atoms with van der Waals surface area (Å²) in [6, 6.07) is 5.92. The fourth-order valence-corrected chi connectivity index (χ4v) is 2.27. The van der Waals surface area contributed by atoms with E-state index in [2.05, 4.69) is 5.32 Å². The Kier molecular flexibility index (Phi) is 4.04. The molecule has 2 N–H and O–H groups in total. The summed E-state index contributed by atoms with van der Waals surface area (Å²) in [6.45, 7) is 1.77. The molecule has 1 aliphatic rings. The van der Waals surface area contributed by atoms with Crippen molar-refractivity contribution in [1.82, 2.24) is 5.32 Å². The van der Waals surface area contributed by atoms with E-state index in [4.69, 9.17) is 0 Å². The largest absolute Gasteiger partial charge is 0.394 e. The first kappa shape index (κ1) is 14.5. The van der Waals surface area contributed by atoms with Gasteiger partial charge in [-0.1, -0.05) is 12.1 Å². The van der Waals surface area contributed by atoms with Gasteiger partial charge in [-0.3, -0.25) is 14.9 Å². The number of nitro benzene ring substituents is 1. The second kappa shape index (κ2) is 5.58. The van der Waals surface area contributed by atoms with Crippen LogP contribution in [0.1, 0.15) is 25.3 Å². The van der Waals surface area contributed by atoms with Crippen molar-refractivity contribution in [3.63, 3.8) is 0 Å². The molecule has 0 aliphatic heterocycles. The first-order valence-corrected chi connectivity index (χ1v) is 6.60. The minimum absolute atomic E-state index is 0.00679. The van der Waals surface area contributed by atoms with Gasteiger partial charge in [0.25, 0.3) is 5.69 Å². The van der Waals surface area contributed by atoms with E-state index in [0.717, 1.165) is 12.8 Å². The van der Waals surface area contributed by atoms with Gasteiger partial charge in [0, 0.05) is 12.1 Å². The quantitative estimate of drug-likeness (QED) is 0.608. The molecule has 0 radical (unpaired) electrons. The van der Waals surface area contributed by atoms with Crippen LogP contribution in [0.2, 0.25) is 0 Å². The number of hydrogen-bond acceptors (Lipinski definition) is 4. The van der Waals surface area contributed by atoms with Crippen LogP contribution in [0.4, 0.5) is 5.69 Å². The maximum Gasteiger partial charge on any atom is 0.269 e. The molecule has 1 aromatic rings. The zero-order valence-corrected chi connectivity index (χ0v) is 11.3. The standard InChI is InChI=1S/C14H18N2O4/c1-14(9-17,11-4-5-11)15-13(18)8-10-2-6-12(7-3-10)16(19)20/h2-3,6-7,11,17H,4-5,8-9H2,1H3,(H,15,18). The van der Waals surface area contributed by atoms with Crippen molar-refractivity contribution in [2.45, 2.75) is 31.7 Å². The molecule has 1 atom stereocenters. The molecule has 1 unspecified atom stereocenters. The fraction of sp³-hybridized carbons (Fsp3) is 0.500. The van der Waals surface area contributed by atoms with E-state index in [1.807, 2.05) is 6.92 Å². The summed E-state index contributed by atoms with van der Waals surface area (Å²) in [5, 5.41) is 22.8. The summed E-state index contributed by atoms with van der Waals surface area (Å²) in [6.07, 6.45) is 2.20. The summed E-state index contributed by atoms with van der Waals surface area (Å²) < 4.78 is 0. The lowest BCUT2D eigenvalue weighted by Gasteiger charge is -2.28. The molecule has 1 amide bonds. The predicted molar refractivity (Wildman–Crippen MR) is 73.2 cm³/mol. The number of non-ortho nitro benzene ring substituents is 1. The van der Waals surface area contributed by atoms with Crippen molar-refractivity contribution in [3.8, 4) is 0 Å². The number of aliphatic hydroxyl groups excluding tert-OH is 1. The third kappa shape index (κ3) is 3.33. The molecule has 6 heteroatoms. The Labute approximate surface area is 117 Å². The number of carbonyl (C=O) groups is 1. The molecule has 0 heterocycles. The highest BCUT2D eigenvalue weighted by molar-refractivity contribution is 5.79. The van der Waals surface area contributed by atoms with Crippen molar-refractivity contribution < 1.29 is 14.8 Å². The van der Waals surface area contributed by atoms with E-state index in [9.17, 15) is 20.0 Å². The Balaban J connectivity index is 1.95. The molecule has 1 aliphatic carbocycles. The molecule has 0 spiro atoms. The molecule has 1 fully saturated rings. The van der Waals surface area contributed by atoms with Crippen LogP contribution in [0, 0.1) is 16.0 Å². The highest BCUT2D eigenvalue weighted by Crippen LogP contribution is 2.39. The Hall–Kier alpha value is -1.95. The third-order valence-corrected chi connectivity index (χ3v) is 3.74. The van der Waals surface area contributed by atoms with E-state index in [1.165, 1.54) is 12.1 Å². The summed E-state index contributed by atoms with van der Waals surface area (Å²) >= 11 is 0. The minimum Gasteiger partial charge on any atom is -0.394 e. The number of nitrogens with one attached hydrogen (secondary N) is 1. The van der Waals surface area contributed by atoms with Gasteiger partial charge in [0.2, 0.25) is 5.91 Å². The fourth-order valence-electron chi connectivity index (χ4n) is 2.27. The van der Waals surface area contributed by atoms with E-state index in [0.29, 0.717) is 11.5 Å². The highest BCUT2D eigenvalue weighted by atomic mass is 16.6. The highest BCUT2D eigenvalue weighted by Gasteiger charge is 2.42. The number of rotatable bonds is 6. The summed E-state index contributed by atoms with van der Waals surface area (Å²) in [7, 11) is 0. The SMILES string of the molecule is CC(CO)(NC(=O)Cc1ccc([N+](=O)[O-])cc1)C1CC1. The summed E-state index contributed by atoms with van der Waals surface area (Å²) in [5.74, 6) is 0.163. The average molecular weight is 278 g/mol. The monoisotopic (exact) mass is 278 g/mol. The summed E-state index contributed by atoms with van der Waals surface area (Å²) in [4.78, 5) is 22.1. The van der Waals surface area contributed by atoms with Gasteiger partial charge in [0.05, 0.1) is 23.5 Å². The van der Waals surface area contributed by atoms with Crippen molar-refractivity contribution in [2.24, 2.45) is 5.92 Å². The van der Waals surface area contributed by atoms with Crippen molar-refractivity contribution in [2.75, 3.05) is 6.61 Å². The molecular weight excluding hydrogens is 260 g/mol. The van der Waals surface area contributed by atoms with Crippen LogP contribution in [0.25, 0.3) is 0 Å².